The summed E-state index contributed by atoms with van der Waals surface area (Å²) < 4.78 is 66.3. The lowest BCUT2D eigenvalue weighted by Crippen LogP contribution is -2.51. The lowest BCUT2D eigenvalue weighted by Gasteiger charge is -2.32. The van der Waals surface area contributed by atoms with Gasteiger partial charge in [0.15, 0.2) is 5.96 Å². The molecule has 1 aromatic rings. The Kier molecular flexibility index (Phi) is 10.1. The summed E-state index contributed by atoms with van der Waals surface area (Å²) in [5.41, 5.74) is -3.16. The number of nitrogens with zero attached hydrogens (tertiary/aromatic N) is 2. The van der Waals surface area contributed by atoms with Crippen LogP contribution in [0.4, 0.5) is 13.2 Å². The zero-order chi connectivity index (χ0) is 20.8. The van der Waals surface area contributed by atoms with Crippen molar-refractivity contribution in [2.75, 3.05) is 27.2 Å². The summed E-state index contributed by atoms with van der Waals surface area (Å²) in [4.78, 5) is 4.11. The molecule has 12 heteroatoms. The Bertz CT molecular complexity index is 765. The molecule has 166 valence electrons. The van der Waals surface area contributed by atoms with Crippen LogP contribution in [0.15, 0.2) is 29.3 Å². The molecular weight excluding hydrogens is 524 g/mol. The fourth-order valence-electron chi connectivity index (χ4n) is 2.88. The lowest BCUT2D eigenvalue weighted by molar-refractivity contribution is -0.0494. The van der Waals surface area contributed by atoms with E-state index >= 15 is 0 Å². The number of hydrogen-bond donors (Lipinski definition) is 2. The fourth-order valence-corrected chi connectivity index (χ4v) is 3.86. The predicted molar refractivity (Wildman–Crippen MR) is 115 cm³/mol. The first-order chi connectivity index (χ1) is 13.2. The number of guanidine groups is 1. The zero-order valence-electron chi connectivity index (χ0n) is 16.2. The quantitative estimate of drug-likeness (QED) is 0.323. The molecule has 0 spiro atoms. The molecule has 2 N–H and O–H groups in total. The number of halogens is 4. The van der Waals surface area contributed by atoms with Crippen LogP contribution in [0.5, 0.6) is 0 Å². The molecule has 7 nitrogen and oxygen atoms in total. The van der Waals surface area contributed by atoms with Crippen LogP contribution in [0.1, 0.15) is 24.0 Å². The maximum atomic E-state index is 12.6. The normalized spacial score (nSPS) is 16.9. The number of sulfonamides is 1. The molecule has 29 heavy (non-hydrogen) atoms. The maximum absolute atomic E-state index is 12.6. The highest BCUT2D eigenvalue weighted by atomic mass is 127. The summed E-state index contributed by atoms with van der Waals surface area (Å²) in [7, 11) is -2.03. The van der Waals surface area contributed by atoms with Gasteiger partial charge in [-0.3, -0.25) is 4.99 Å². The fraction of sp³-hybridized carbons (Fsp3) is 0.588. The average Bonchev–Trinajstić information content (AvgIpc) is 2.66. The number of nitrogens with one attached hydrogen (secondary N) is 2. The van der Waals surface area contributed by atoms with Gasteiger partial charge in [0.05, 0.1) is 6.61 Å². The first-order valence-electron chi connectivity index (χ1n) is 8.77. The van der Waals surface area contributed by atoms with E-state index < -0.39 is 15.5 Å². The Morgan fingerprint density at radius 2 is 1.76 bits per heavy atom. The van der Waals surface area contributed by atoms with Crippen LogP contribution in [0.25, 0.3) is 0 Å². The molecule has 0 bridgehead atoms. The second-order valence-electron chi connectivity index (χ2n) is 6.44. The van der Waals surface area contributed by atoms with Crippen molar-refractivity contribution in [2.45, 2.75) is 37.5 Å². The first kappa shape index (κ1) is 25.9. The molecular formula is C17H26F3IN4O3S. The molecule has 0 saturated carbocycles. The number of piperidine rings is 1. The third kappa shape index (κ3) is 7.26. The molecule has 0 radical (unpaired) electrons. The van der Waals surface area contributed by atoms with Crippen molar-refractivity contribution in [2.24, 2.45) is 4.99 Å². The highest BCUT2D eigenvalue weighted by molar-refractivity contribution is 14.0. The van der Waals surface area contributed by atoms with E-state index in [1.807, 2.05) is 24.3 Å². The second kappa shape index (κ2) is 11.3. The Balaban J connectivity index is 0.00000420. The molecule has 1 fully saturated rings. The molecule has 0 aromatic heterocycles. The molecule has 1 heterocycles. The van der Waals surface area contributed by atoms with Crippen LogP contribution in [0.3, 0.4) is 0 Å². The maximum Gasteiger partial charge on any atom is 0.511 e. The summed E-state index contributed by atoms with van der Waals surface area (Å²) in [5, 5.41) is 6.28. The third-order valence-corrected chi connectivity index (χ3v) is 6.07. The molecule has 1 saturated heterocycles. The summed E-state index contributed by atoms with van der Waals surface area (Å²) in [5.74, 6) is 0.512. The summed E-state index contributed by atoms with van der Waals surface area (Å²) in [6, 6.07) is 7.71. The lowest BCUT2D eigenvalue weighted by atomic mass is 10.1. The van der Waals surface area contributed by atoms with Gasteiger partial charge in [-0.2, -0.15) is 17.5 Å². The highest BCUT2D eigenvalue weighted by Gasteiger charge is 2.50. The standard InChI is InChI=1S/C17H25F3N4O3S.HI/c1-21-16(22-11-13-3-5-14(6-4-13)12-27-2)23-15-7-9-24(10-8-15)28(25,26)17(18,19)20;/h3-6,15H,7-12H2,1-2H3,(H2,21,22,23);1H. The second-order valence-corrected chi connectivity index (χ2v) is 8.37. The van der Waals surface area contributed by atoms with Crippen LogP contribution < -0.4 is 10.6 Å². The smallest absolute Gasteiger partial charge is 0.380 e. The van der Waals surface area contributed by atoms with E-state index in [4.69, 9.17) is 4.74 Å². The molecule has 1 aromatic carbocycles. The molecule has 0 atom stereocenters. The van der Waals surface area contributed by atoms with E-state index in [0.29, 0.717) is 23.4 Å². The molecule has 0 amide bonds. The van der Waals surface area contributed by atoms with Gasteiger partial charge in [-0.25, -0.2) is 8.42 Å². The van der Waals surface area contributed by atoms with Gasteiger partial charge in [0.2, 0.25) is 0 Å². The highest BCUT2D eigenvalue weighted by Crippen LogP contribution is 2.28. The number of benzene rings is 1. The topological polar surface area (TPSA) is 83.0 Å². The van der Waals surface area contributed by atoms with Crippen LogP contribution in [-0.2, 0) is 27.9 Å². The molecule has 2 rings (SSSR count). The van der Waals surface area contributed by atoms with Crippen LogP contribution in [0.2, 0.25) is 0 Å². The van der Waals surface area contributed by atoms with Crippen molar-refractivity contribution in [3.05, 3.63) is 35.4 Å². The molecule has 0 unspecified atom stereocenters. The first-order valence-corrected chi connectivity index (χ1v) is 10.2. The van der Waals surface area contributed by atoms with Crippen molar-refractivity contribution >= 4 is 40.0 Å². The number of hydrogen-bond acceptors (Lipinski definition) is 4. The third-order valence-electron chi connectivity index (χ3n) is 4.44. The summed E-state index contributed by atoms with van der Waals surface area (Å²) in [6.07, 6.45) is 0.531. The predicted octanol–water partition coefficient (Wildman–Crippen LogP) is 2.43. The van der Waals surface area contributed by atoms with E-state index in [9.17, 15) is 21.6 Å². The van der Waals surface area contributed by atoms with Crippen molar-refractivity contribution in [1.82, 2.24) is 14.9 Å². The van der Waals surface area contributed by atoms with Crippen LogP contribution in [-0.4, -0.2) is 57.5 Å². The number of ether oxygens (including phenoxy) is 1. The minimum atomic E-state index is -5.26. The van der Waals surface area contributed by atoms with Crippen molar-refractivity contribution in [3.8, 4) is 0 Å². The van der Waals surface area contributed by atoms with Crippen LogP contribution >= 0.6 is 24.0 Å². The Hall–Kier alpha value is -1.12. The zero-order valence-corrected chi connectivity index (χ0v) is 19.3. The average molecular weight is 550 g/mol. The minimum Gasteiger partial charge on any atom is -0.380 e. The van der Waals surface area contributed by atoms with Gasteiger partial charge in [-0.15, -0.1) is 24.0 Å². The molecule has 0 aliphatic carbocycles. The van der Waals surface area contributed by atoms with Crippen molar-refractivity contribution in [3.63, 3.8) is 0 Å². The van der Waals surface area contributed by atoms with Gasteiger partial charge in [0, 0.05) is 39.8 Å². The number of rotatable bonds is 6. The van der Waals surface area contributed by atoms with E-state index in [1.165, 1.54) is 0 Å². The van der Waals surface area contributed by atoms with Gasteiger partial charge < -0.3 is 15.4 Å². The van der Waals surface area contributed by atoms with Crippen molar-refractivity contribution in [1.29, 1.82) is 0 Å². The van der Waals surface area contributed by atoms with E-state index in [2.05, 4.69) is 15.6 Å². The van der Waals surface area contributed by atoms with Gasteiger partial charge in [0.1, 0.15) is 0 Å². The number of alkyl halides is 3. The summed E-state index contributed by atoms with van der Waals surface area (Å²) in [6.45, 7) is 0.697. The Labute approximate surface area is 186 Å². The Morgan fingerprint density at radius 3 is 2.24 bits per heavy atom. The summed E-state index contributed by atoms with van der Waals surface area (Å²) >= 11 is 0. The van der Waals surface area contributed by atoms with Gasteiger partial charge >= 0.3 is 15.5 Å². The van der Waals surface area contributed by atoms with Gasteiger partial charge in [-0.05, 0) is 24.0 Å². The number of aliphatic imine (C=N–C) groups is 1. The minimum absolute atomic E-state index is 0. The molecule has 1 aliphatic rings. The van der Waals surface area contributed by atoms with E-state index in [0.717, 1.165) is 11.1 Å². The SMILES string of the molecule is CN=C(NCc1ccc(COC)cc1)NC1CCN(S(=O)(=O)C(F)(F)F)CC1.I. The van der Waals surface area contributed by atoms with Gasteiger partial charge in [0.25, 0.3) is 0 Å². The molecule has 1 aliphatic heterocycles. The number of methoxy groups -OCH3 is 1. The van der Waals surface area contributed by atoms with Crippen molar-refractivity contribution < 1.29 is 26.3 Å². The monoisotopic (exact) mass is 550 g/mol. The van der Waals surface area contributed by atoms with E-state index in [-0.39, 0.29) is 55.9 Å². The van der Waals surface area contributed by atoms with E-state index in [1.54, 1.807) is 14.2 Å². The van der Waals surface area contributed by atoms with Gasteiger partial charge in [-0.1, -0.05) is 24.3 Å². The largest absolute Gasteiger partial charge is 0.511 e. The van der Waals surface area contributed by atoms with Crippen LogP contribution in [0, 0.1) is 0 Å². The Morgan fingerprint density at radius 1 is 1.21 bits per heavy atom.